The van der Waals surface area contributed by atoms with Crippen molar-refractivity contribution in [3.05, 3.63) is 58.7 Å². The summed E-state index contributed by atoms with van der Waals surface area (Å²) >= 11 is 0. The van der Waals surface area contributed by atoms with Crippen molar-refractivity contribution in [2.24, 2.45) is 0 Å². The molecule has 0 aromatic heterocycles. The lowest BCUT2D eigenvalue weighted by molar-refractivity contribution is 1.25. The molecule has 0 aliphatic carbocycles. The molecule has 0 atom stereocenters. The molecule has 0 spiro atoms. The molecule has 98 valence electrons. The molecule has 0 amide bonds. The van der Waals surface area contributed by atoms with Gasteiger partial charge < -0.3 is 4.90 Å². The second-order valence-corrected chi connectivity index (χ2v) is 5.08. The Bertz CT molecular complexity index is 563. The van der Waals surface area contributed by atoms with Crippen LogP contribution in [0.25, 0.3) is 0 Å². The summed E-state index contributed by atoms with van der Waals surface area (Å²) in [7, 11) is 0. The quantitative estimate of drug-likeness (QED) is 0.624. The van der Waals surface area contributed by atoms with E-state index in [2.05, 4.69) is 64.1 Å². The Morgan fingerprint density at radius 3 is 1.53 bits per heavy atom. The number of rotatable bonds is 3. The van der Waals surface area contributed by atoms with Crippen LogP contribution in [-0.2, 0) is 0 Å². The van der Waals surface area contributed by atoms with E-state index in [4.69, 9.17) is 5.41 Å². The predicted molar refractivity (Wildman–Crippen MR) is 82.8 cm³/mol. The molecule has 2 aromatic carbocycles. The first kappa shape index (κ1) is 13.3. The first-order valence-electron chi connectivity index (χ1n) is 6.47. The highest BCUT2D eigenvalue weighted by Crippen LogP contribution is 2.30. The maximum Gasteiger partial charge on any atom is 0.0908 e. The third kappa shape index (κ3) is 2.68. The number of nitrogens with zero attached hydrogens (tertiary/aromatic N) is 1. The molecule has 2 aromatic rings. The zero-order chi connectivity index (χ0) is 14.0. The fraction of sp³-hybridized carbons (Fsp3) is 0.235. The Hall–Kier alpha value is -2.09. The Morgan fingerprint density at radius 1 is 0.789 bits per heavy atom. The fourth-order valence-corrected chi connectivity index (χ4v) is 2.42. The van der Waals surface area contributed by atoms with Crippen LogP contribution in [0, 0.1) is 33.1 Å². The second-order valence-electron chi connectivity index (χ2n) is 5.08. The molecule has 0 aliphatic rings. The van der Waals surface area contributed by atoms with Gasteiger partial charge in [-0.2, -0.15) is 0 Å². The summed E-state index contributed by atoms with van der Waals surface area (Å²) in [6, 6.07) is 12.6. The van der Waals surface area contributed by atoms with Gasteiger partial charge in [-0.15, -0.1) is 0 Å². The molecule has 2 nitrogen and oxygen atoms in total. The third-order valence-electron chi connectivity index (χ3n) is 3.35. The van der Waals surface area contributed by atoms with E-state index in [0.717, 1.165) is 11.4 Å². The van der Waals surface area contributed by atoms with Gasteiger partial charge in [0.05, 0.1) is 6.34 Å². The van der Waals surface area contributed by atoms with Crippen LogP contribution in [0.1, 0.15) is 22.3 Å². The van der Waals surface area contributed by atoms with Gasteiger partial charge >= 0.3 is 0 Å². The molecule has 19 heavy (non-hydrogen) atoms. The first-order chi connectivity index (χ1) is 9.02. The molecule has 2 heteroatoms. The summed E-state index contributed by atoms with van der Waals surface area (Å²) in [5.74, 6) is 0. The second kappa shape index (κ2) is 5.27. The maximum atomic E-state index is 7.74. The van der Waals surface area contributed by atoms with Crippen molar-refractivity contribution in [3.8, 4) is 0 Å². The van der Waals surface area contributed by atoms with Crippen LogP contribution >= 0.6 is 0 Å². The van der Waals surface area contributed by atoms with Crippen molar-refractivity contribution in [2.45, 2.75) is 27.7 Å². The number of nitrogens with one attached hydrogen (secondary N) is 1. The molecule has 0 saturated heterocycles. The normalized spacial score (nSPS) is 10.3. The zero-order valence-electron chi connectivity index (χ0n) is 12.0. The third-order valence-corrected chi connectivity index (χ3v) is 3.35. The van der Waals surface area contributed by atoms with E-state index >= 15 is 0 Å². The minimum absolute atomic E-state index is 1.06. The van der Waals surface area contributed by atoms with Crippen molar-refractivity contribution in [2.75, 3.05) is 4.90 Å². The molecular formula is C17H20N2. The Balaban J connectivity index is 2.53. The van der Waals surface area contributed by atoms with Gasteiger partial charge in [0, 0.05) is 11.4 Å². The molecular weight excluding hydrogens is 232 g/mol. The molecule has 0 fully saturated rings. The van der Waals surface area contributed by atoms with Gasteiger partial charge in [0.25, 0.3) is 0 Å². The first-order valence-corrected chi connectivity index (χ1v) is 6.47. The average molecular weight is 252 g/mol. The highest BCUT2D eigenvalue weighted by Gasteiger charge is 2.11. The summed E-state index contributed by atoms with van der Waals surface area (Å²) in [5, 5.41) is 7.74. The molecule has 0 saturated carbocycles. The highest BCUT2D eigenvalue weighted by molar-refractivity contribution is 5.90. The van der Waals surface area contributed by atoms with Gasteiger partial charge in [0.1, 0.15) is 0 Å². The molecule has 0 radical (unpaired) electrons. The summed E-state index contributed by atoms with van der Waals surface area (Å²) in [5.41, 5.74) is 6.98. The average Bonchev–Trinajstić information content (AvgIpc) is 2.34. The van der Waals surface area contributed by atoms with E-state index in [9.17, 15) is 0 Å². The summed E-state index contributed by atoms with van der Waals surface area (Å²) in [6.45, 7) is 8.34. The van der Waals surface area contributed by atoms with Crippen molar-refractivity contribution >= 4 is 17.7 Å². The van der Waals surface area contributed by atoms with Crippen molar-refractivity contribution in [1.82, 2.24) is 0 Å². The molecule has 2 rings (SSSR count). The monoisotopic (exact) mass is 252 g/mol. The lowest BCUT2D eigenvalue weighted by Crippen LogP contribution is -2.16. The SMILES string of the molecule is Cc1ccc(N(C=N)c2ccc(C)cc2C)c(C)c1. The minimum Gasteiger partial charge on any atom is -0.301 e. The van der Waals surface area contributed by atoms with Gasteiger partial charge in [0.2, 0.25) is 0 Å². The van der Waals surface area contributed by atoms with Crippen LogP contribution in [0.15, 0.2) is 36.4 Å². The molecule has 1 N–H and O–H groups in total. The Labute approximate surface area is 115 Å². The Kier molecular flexibility index (Phi) is 3.70. The van der Waals surface area contributed by atoms with Crippen molar-refractivity contribution < 1.29 is 0 Å². The lowest BCUT2D eigenvalue weighted by Gasteiger charge is -2.23. The largest absolute Gasteiger partial charge is 0.301 e. The lowest BCUT2D eigenvalue weighted by atomic mass is 10.1. The molecule has 0 unspecified atom stereocenters. The number of aryl methyl sites for hydroxylation is 4. The van der Waals surface area contributed by atoms with Gasteiger partial charge in [-0.3, -0.25) is 5.41 Å². The molecule has 0 heterocycles. The van der Waals surface area contributed by atoms with Gasteiger partial charge in [0.15, 0.2) is 0 Å². The number of hydrogen-bond donors (Lipinski definition) is 1. The van der Waals surface area contributed by atoms with Crippen LogP contribution in [0.2, 0.25) is 0 Å². The van der Waals surface area contributed by atoms with E-state index < -0.39 is 0 Å². The van der Waals surface area contributed by atoms with Crippen LogP contribution in [-0.4, -0.2) is 6.34 Å². The van der Waals surface area contributed by atoms with Crippen LogP contribution in [0.5, 0.6) is 0 Å². The smallest absolute Gasteiger partial charge is 0.0908 e. The Morgan fingerprint density at radius 2 is 1.21 bits per heavy atom. The van der Waals surface area contributed by atoms with Gasteiger partial charge in [-0.25, -0.2) is 0 Å². The zero-order valence-corrected chi connectivity index (χ0v) is 12.0. The van der Waals surface area contributed by atoms with Crippen LogP contribution < -0.4 is 4.90 Å². The van der Waals surface area contributed by atoms with Crippen LogP contribution in [0.4, 0.5) is 11.4 Å². The van der Waals surface area contributed by atoms with E-state index in [1.54, 1.807) is 0 Å². The molecule has 0 bridgehead atoms. The highest BCUT2D eigenvalue weighted by atomic mass is 15.1. The predicted octanol–water partition coefficient (Wildman–Crippen LogP) is 4.67. The topological polar surface area (TPSA) is 27.1 Å². The standard InChI is InChI=1S/C17H20N2/c1-12-5-7-16(14(3)9-12)19(11-18)17-8-6-13(2)10-15(17)4/h5-11,18H,1-4H3. The van der Waals surface area contributed by atoms with Gasteiger partial charge in [-0.05, 0) is 51.0 Å². The summed E-state index contributed by atoms with van der Waals surface area (Å²) in [4.78, 5) is 1.93. The van der Waals surface area contributed by atoms with E-state index in [0.29, 0.717) is 0 Å². The number of hydrogen-bond acceptors (Lipinski definition) is 1. The maximum absolute atomic E-state index is 7.74. The number of anilines is 2. The van der Waals surface area contributed by atoms with Crippen molar-refractivity contribution in [1.29, 1.82) is 5.41 Å². The summed E-state index contributed by atoms with van der Waals surface area (Å²) in [6.07, 6.45) is 1.38. The van der Waals surface area contributed by atoms with E-state index in [1.165, 1.54) is 28.6 Å². The van der Waals surface area contributed by atoms with E-state index in [-0.39, 0.29) is 0 Å². The molecule has 0 aliphatic heterocycles. The van der Waals surface area contributed by atoms with E-state index in [1.807, 2.05) is 4.90 Å². The number of benzene rings is 2. The van der Waals surface area contributed by atoms with Crippen molar-refractivity contribution in [3.63, 3.8) is 0 Å². The van der Waals surface area contributed by atoms with Crippen LogP contribution in [0.3, 0.4) is 0 Å². The minimum atomic E-state index is 1.06. The summed E-state index contributed by atoms with van der Waals surface area (Å²) < 4.78 is 0. The van der Waals surface area contributed by atoms with Gasteiger partial charge in [-0.1, -0.05) is 35.4 Å². The fourth-order valence-electron chi connectivity index (χ4n) is 2.42.